The first-order valence-electron chi connectivity index (χ1n) is 7.48. The number of nitrogens with zero attached hydrogens (tertiary/aromatic N) is 3. The van der Waals surface area contributed by atoms with E-state index in [0.717, 1.165) is 16.7 Å². The lowest BCUT2D eigenvalue weighted by atomic mass is 10.1. The molecule has 0 aliphatic heterocycles. The van der Waals surface area contributed by atoms with E-state index in [9.17, 15) is 4.79 Å². The Balaban J connectivity index is 1.76. The lowest BCUT2D eigenvalue weighted by Gasteiger charge is -2.11. The van der Waals surface area contributed by atoms with Crippen molar-refractivity contribution in [2.75, 3.05) is 13.7 Å². The van der Waals surface area contributed by atoms with Crippen molar-refractivity contribution in [2.45, 2.75) is 12.8 Å². The van der Waals surface area contributed by atoms with E-state index in [1.807, 2.05) is 18.5 Å². The van der Waals surface area contributed by atoms with E-state index in [0.29, 0.717) is 23.0 Å². The molecule has 0 bridgehead atoms. The standard InChI is InChI=1S/C16H18ClN5O2/c1-9(15-21-19-8-22(15)2)7-18-16(23)13-6-11-12(20-13)4-10(17)5-14(11)24-3/h4-6,8-9,20H,7H2,1-3H3,(H,18,23). The van der Waals surface area contributed by atoms with Crippen LogP contribution < -0.4 is 10.1 Å². The molecule has 0 fully saturated rings. The van der Waals surface area contributed by atoms with Gasteiger partial charge in [0.1, 0.15) is 23.6 Å². The summed E-state index contributed by atoms with van der Waals surface area (Å²) in [7, 11) is 3.45. The fraction of sp³-hybridized carbons (Fsp3) is 0.312. The van der Waals surface area contributed by atoms with Crippen LogP contribution in [0.2, 0.25) is 5.02 Å². The van der Waals surface area contributed by atoms with E-state index in [2.05, 4.69) is 20.5 Å². The summed E-state index contributed by atoms with van der Waals surface area (Å²) < 4.78 is 7.15. The van der Waals surface area contributed by atoms with Gasteiger partial charge in [-0.05, 0) is 18.2 Å². The van der Waals surface area contributed by atoms with Crippen LogP contribution >= 0.6 is 11.6 Å². The topological polar surface area (TPSA) is 84.8 Å². The number of hydrogen-bond donors (Lipinski definition) is 2. The molecule has 7 nitrogen and oxygen atoms in total. The first-order valence-corrected chi connectivity index (χ1v) is 7.85. The van der Waals surface area contributed by atoms with Crippen LogP contribution in [-0.2, 0) is 7.05 Å². The van der Waals surface area contributed by atoms with Crippen molar-refractivity contribution >= 4 is 28.4 Å². The molecule has 8 heteroatoms. The molecular formula is C16H18ClN5O2. The summed E-state index contributed by atoms with van der Waals surface area (Å²) in [6, 6.07) is 5.24. The number of aryl methyl sites for hydroxylation is 1. The third kappa shape index (κ3) is 3.07. The summed E-state index contributed by atoms with van der Waals surface area (Å²) in [5, 5.41) is 12.2. The number of benzene rings is 1. The van der Waals surface area contributed by atoms with E-state index in [4.69, 9.17) is 16.3 Å². The van der Waals surface area contributed by atoms with Crippen molar-refractivity contribution in [1.82, 2.24) is 25.1 Å². The second-order valence-electron chi connectivity index (χ2n) is 5.66. The molecule has 3 aromatic rings. The van der Waals surface area contributed by atoms with E-state index in [-0.39, 0.29) is 11.8 Å². The van der Waals surface area contributed by atoms with Crippen LogP contribution in [0.25, 0.3) is 10.9 Å². The van der Waals surface area contributed by atoms with E-state index in [1.165, 1.54) is 0 Å². The molecule has 1 amide bonds. The number of nitrogens with one attached hydrogen (secondary N) is 2. The van der Waals surface area contributed by atoms with Crippen molar-refractivity contribution in [1.29, 1.82) is 0 Å². The van der Waals surface area contributed by atoms with Gasteiger partial charge in [0.05, 0.1) is 12.6 Å². The molecule has 126 valence electrons. The zero-order chi connectivity index (χ0) is 17.3. The molecule has 24 heavy (non-hydrogen) atoms. The third-order valence-corrected chi connectivity index (χ3v) is 4.10. The van der Waals surface area contributed by atoms with Crippen LogP contribution in [0.4, 0.5) is 0 Å². The predicted octanol–water partition coefficient (Wildman–Crippen LogP) is 2.49. The number of aromatic nitrogens is 4. The Hall–Kier alpha value is -2.54. The number of carbonyl (C=O) groups excluding carboxylic acids is 1. The number of H-pyrrole nitrogens is 1. The number of methoxy groups -OCH3 is 1. The fourth-order valence-corrected chi connectivity index (χ4v) is 2.84. The molecule has 0 radical (unpaired) electrons. The monoisotopic (exact) mass is 347 g/mol. The van der Waals surface area contributed by atoms with Crippen molar-refractivity contribution in [3.05, 3.63) is 41.1 Å². The zero-order valence-electron chi connectivity index (χ0n) is 13.6. The summed E-state index contributed by atoms with van der Waals surface area (Å²) in [6.45, 7) is 2.44. The summed E-state index contributed by atoms with van der Waals surface area (Å²) in [4.78, 5) is 15.5. The number of halogens is 1. The van der Waals surface area contributed by atoms with Gasteiger partial charge in [-0.3, -0.25) is 4.79 Å². The van der Waals surface area contributed by atoms with Crippen molar-refractivity contribution in [2.24, 2.45) is 7.05 Å². The largest absolute Gasteiger partial charge is 0.496 e. The third-order valence-electron chi connectivity index (χ3n) is 3.89. The second-order valence-corrected chi connectivity index (χ2v) is 6.10. The van der Waals surface area contributed by atoms with E-state index < -0.39 is 0 Å². The van der Waals surface area contributed by atoms with E-state index in [1.54, 1.807) is 31.6 Å². The SMILES string of the molecule is COc1cc(Cl)cc2[nH]c(C(=O)NCC(C)c3nncn3C)cc12. The van der Waals surface area contributed by atoms with Crippen molar-refractivity contribution in [3.63, 3.8) is 0 Å². The molecule has 2 heterocycles. The van der Waals surface area contributed by atoms with Gasteiger partial charge < -0.3 is 19.6 Å². The van der Waals surface area contributed by atoms with Crippen LogP contribution in [0.5, 0.6) is 5.75 Å². The van der Waals surface area contributed by atoms with Gasteiger partial charge in [0, 0.05) is 29.9 Å². The highest BCUT2D eigenvalue weighted by molar-refractivity contribution is 6.31. The van der Waals surface area contributed by atoms with Crippen LogP contribution in [0.3, 0.4) is 0 Å². The molecule has 2 aromatic heterocycles. The summed E-state index contributed by atoms with van der Waals surface area (Å²) in [5.41, 5.74) is 1.21. The number of ether oxygens (including phenoxy) is 1. The lowest BCUT2D eigenvalue weighted by Crippen LogP contribution is -2.28. The maximum Gasteiger partial charge on any atom is 0.267 e. The molecule has 0 aliphatic rings. The Labute approximate surface area is 144 Å². The molecule has 1 unspecified atom stereocenters. The first kappa shape index (κ1) is 16.3. The van der Waals surface area contributed by atoms with Crippen molar-refractivity contribution in [3.8, 4) is 5.75 Å². The van der Waals surface area contributed by atoms with Crippen LogP contribution in [-0.4, -0.2) is 39.3 Å². The Morgan fingerprint density at radius 2 is 2.25 bits per heavy atom. The summed E-state index contributed by atoms with van der Waals surface area (Å²) in [6.07, 6.45) is 1.64. The highest BCUT2D eigenvalue weighted by atomic mass is 35.5. The normalized spacial score (nSPS) is 12.3. The highest BCUT2D eigenvalue weighted by Gasteiger charge is 2.16. The number of carbonyl (C=O) groups is 1. The van der Waals surface area contributed by atoms with Gasteiger partial charge in [0.25, 0.3) is 5.91 Å². The number of aromatic amines is 1. The average molecular weight is 348 g/mol. The second kappa shape index (κ2) is 6.52. The van der Waals surface area contributed by atoms with Crippen LogP contribution in [0.15, 0.2) is 24.5 Å². The molecular weight excluding hydrogens is 330 g/mol. The Kier molecular flexibility index (Phi) is 4.44. The number of hydrogen-bond acceptors (Lipinski definition) is 4. The molecule has 0 aliphatic carbocycles. The zero-order valence-corrected chi connectivity index (χ0v) is 14.4. The molecule has 3 rings (SSSR count). The van der Waals surface area contributed by atoms with Crippen LogP contribution in [0.1, 0.15) is 29.2 Å². The van der Waals surface area contributed by atoms with Gasteiger partial charge in [0.2, 0.25) is 0 Å². The first-order chi connectivity index (χ1) is 11.5. The maximum atomic E-state index is 12.4. The molecule has 1 atom stereocenters. The van der Waals surface area contributed by atoms with Gasteiger partial charge in [-0.25, -0.2) is 0 Å². The fourth-order valence-electron chi connectivity index (χ4n) is 2.63. The van der Waals surface area contributed by atoms with Crippen molar-refractivity contribution < 1.29 is 9.53 Å². The lowest BCUT2D eigenvalue weighted by molar-refractivity contribution is 0.0947. The van der Waals surface area contributed by atoms with Gasteiger partial charge in [-0.2, -0.15) is 0 Å². The number of rotatable bonds is 5. The summed E-state index contributed by atoms with van der Waals surface area (Å²) in [5.74, 6) is 1.30. The molecule has 0 spiro atoms. The minimum absolute atomic E-state index is 0.0507. The predicted molar refractivity (Wildman–Crippen MR) is 91.6 cm³/mol. The Morgan fingerprint density at radius 1 is 1.46 bits per heavy atom. The minimum Gasteiger partial charge on any atom is -0.496 e. The highest BCUT2D eigenvalue weighted by Crippen LogP contribution is 2.30. The van der Waals surface area contributed by atoms with Gasteiger partial charge in [0.15, 0.2) is 0 Å². The quantitative estimate of drug-likeness (QED) is 0.742. The van der Waals surface area contributed by atoms with Gasteiger partial charge in [-0.15, -0.1) is 10.2 Å². The molecule has 1 aromatic carbocycles. The summed E-state index contributed by atoms with van der Waals surface area (Å²) >= 11 is 6.05. The molecule has 0 saturated carbocycles. The van der Waals surface area contributed by atoms with E-state index >= 15 is 0 Å². The number of fused-ring (bicyclic) bond motifs is 1. The molecule has 0 saturated heterocycles. The number of amides is 1. The maximum absolute atomic E-state index is 12.4. The smallest absolute Gasteiger partial charge is 0.267 e. The Bertz CT molecular complexity index is 886. The minimum atomic E-state index is -0.196. The van der Waals surface area contributed by atoms with Gasteiger partial charge >= 0.3 is 0 Å². The Morgan fingerprint density at radius 3 is 2.92 bits per heavy atom. The van der Waals surface area contributed by atoms with Crippen LogP contribution in [0, 0.1) is 0 Å². The van der Waals surface area contributed by atoms with Gasteiger partial charge in [-0.1, -0.05) is 18.5 Å². The average Bonchev–Trinajstić information content (AvgIpc) is 3.17. The molecule has 2 N–H and O–H groups in total.